The van der Waals surface area contributed by atoms with E-state index in [9.17, 15) is 4.79 Å². The van der Waals surface area contributed by atoms with Crippen LogP contribution in [-0.2, 0) is 17.8 Å². The van der Waals surface area contributed by atoms with E-state index in [4.69, 9.17) is 15.6 Å². The SMILES string of the molecule is C[C@@H](N)c1cccc(-c2cccc(COc3ccccc3CC(=O)O)c2F)c1. The van der Waals surface area contributed by atoms with Gasteiger partial charge < -0.3 is 15.6 Å². The lowest BCUT2D eigenvalue weighted by Crippen LogP contribution is -2.06. The molecular weight excluding hydrogens is 357 g/mol. The van der Waals surface area contributed by atoms with Crippen LogP contribution in [0, 0.1) is 5.82 Å². The van der Waals surface area contributed by atoms with Crippen LogP contribution in [0.1, 0.15) is 29.7 Å². The molecule has 0 heterocycles. The van der Waals surface area contributed by atoms with Crippen LogP contribution >= 0.6 is 0 Å². The van der Waals surface area contributed by atoms with E-state index in [1.165, 1.54) is 0 Å². The number of carboxylic acid groups (broad SMARTS) is 1. The van der Waals surface area contributed by atoms with E-state index in [-0.39, 0.29) is 24.9 Å². The Morgan fingerprint density at radius 1 is 1.07 bits per heavy atom. The van der Waals surface area contributed by atoms with Gasteiger partial charge in [-0.25, -0.2) is 4.39 Å². The maximum absolute atomic E-state index is 15.1. The van der Waals surface area contributed by atoms with Crippen molar-refractivity contribution in [1.82, 2.24) is 0 Å². The van der Waals surface area contributed by atoms with Gasteiger partial charge >= 0.3 is 5.97 Å². The summed E-state index contributed by atoms with van der Waals surface area (Å²) in [6.07, 6.45) is -0.150. The van der Waals surface area contributed by atoms with Gasteiger partial charge in [-0.15, -0.1) is 0 Å². The van der Waals surface area contributed by atoms with Gasteiger partial charge in [-0.1, -0.05) is 54.6 Å². The summed E-state index contributed by atoms with van der Waals surface area (Å²) in [4.78, 5) is 11.0. The van der Waals surface area contributed by atoms with Crippen LogP contribution in [0.25, 0.3) is 11.1 Å². The highest BCUT2D eigenvalue weighted by Crippen LogP contribution is 2.28. The molecule has 0 amide bonds. The van der Waals surface area contributed by atoms with Gasteiger partial charge in [-0.2, -0.15) is 0 Å². The standard InChI is InChI=1S/C23H22FNO3/c1-15(25)16-7-4-8-17(12-16)20-10-5-9-19(23(20)24)14-28-21-11-3-2-6-18(21)13-22(26)27/h2-12,15H,13-14,25H2,1H3,(H,26,27)/t15-/m1/s1. The molecule has 144 valence electrons. The Kier molecular flexibility index (Phi) is 6.06. The van der Waals surface area contributed by atoms with Crippen LogP contribution in [0.2, 0.25) is 0 Å². The predicted octanol–water partition coefficient (Wildman–Crippen LogP) is 4.72. The molecule has 0 aliphatic heterocycles. The van der Waals surface area contributed by atoms with Crippen LogP contribution in [0.4, 0.5) is 4.39 Å². The molecule has 0 radical (unpaired) electrons. The van der Waals surface area contributed by atoms with Crippen molar-refractivity contribution in [3.8, 4) is 16.9 Å². The first-order valence-electron chi connectivity index (χ1n) is 9.01. The summed E-state index contributed by atoms with van der Waals surface area (Å²) in [6.45, 7) is 1.89. The Morgan fingerprint density at radius 3 is 2.54 bits per heavy atom. The minimum Gasteiger partial charge on any atom is -0.488 e. The van der Waals surface area contributed by atoms with E-state index >= 15 is 4.39 Å². The van der Waals surface area contributed by atoms with E-state index in [0.717, 1.165) is 11.1 Å². The van der Waals surface area contributed by atoms with Gasteiger partial charge in [-0.05, 0) is 30.2 Å². The molecule has 3 aromatic carbocycles. The molecule has 0 fully saturated rings. The lowest BCUT2D eigenvalue weighted by Gasteiger charge is -2.13. The summed E-state index contributed by atoms with van der Waals surface area (Å²) >= 11 is 0. The van der Waals surface area contributed by atoms with Crippen molar-refractivity contribution in [3.05, 3.63) is 89.2 Å². The summed E-state index contributed by atoms with van der Waals surface area (Å²) in [6, 6.07) is 19.4. The average Bonchev–Trinajstić information content (AvgIpc) is 2.68. The Hall–Kier alpha value is -3.18. The largest absolute Gasteiger partial charge is 0.488 e. The molecular formula is C23H22FNO3. The maximum atomic E-state index is 15.1. The molecule has 1 atom stereocenters. The fraction of sp³-hybridized carbons (Fsp3) is 0.174. The summed E-state index contributed by atoms with van der Waals surface area (Å²) in [7, 11) is 0. The molecule has 0 saturated carbocycles. The van der Waals surface area contributed by atoms with Gasteiger partial charge in [0.2, 0.25) is 0 Å². The number of rotatable bonds is 7. The number of hydrogen-bond donors (Lipinski definition) is 2. The molecule has 0 bridgehead atoms. The summed E-state index contributed by atoms with van der Waals surface area (Å²) in [5.41, 5.74) is 9.04. The molecule has 4 nitrogen and oxygen atoms in total. The van der Waals surface area contributed by atoms with Gasteiger partial charge in [0.1, 0.15) is 18.2 Å². The normalized spacial score (nSPS) is 11.8. The first kappa shape index (κ1) is 19.6. The fourth-order valence-corrected chi connectivity index (χ4v) is 3.01. The molecule has 3 rings (SSSR count). The molecule has 28 heavy (non-hydrogen) atoms. The lowest BCUT2D eigenvalue weighted by atomic mass is 9.98. The second-order valence-corrected chi connectivity index (χ2v) is 6.66. The number of nitrogens with two attached hydrogens (primary N) is 1. The zero-order valence-corrected chi connectivity index (χ0v) is 15.6. The van der Waals surface area contributed by atoms with Gasteiger partial charge in [0.05, 0.1) is 6.42 Å². The number of aliphatic carboxylic acids is 1. The highest BCUT2D eigenvalue weighted by molar-refractivity contribution is 5.71. The topological polar surface area (TPSA) is 72.5 Å². The molecule has 0 aromatic heterocycles. The summed E-state index contributed by atoms with van der Waals surface area (Å²) < 4.78 is 20.8. The number of carboxylic acids is 1. The summed E-state index contributed by atoms with van der Waals surface area (Å²) in [5.74, 6) is -0.869. The van der Waals surface area contributed by atoms with Crippen molar-refractivity contribution in [2.24, 2.45) is 5.73 Å². The highest BCUT2D eigenvalue weighted by atomic mass is 19.1. The van der Waals surface area contributed by atoms with Crippen molar-refractivity contribution in [2.45, 2.75) is 26.0 Å². The zero-order chi connectivity index (χ0) is 20.1. The number of para-hydroxylation sites is 1. The Balaban J connectivity index is 1.85. The Labute approximate surface area is 163 Å². The number of halogens is 1. The minimum atomic E-state index is -0.946. The molecule has 0 aliphatic carbocycles. The third-order valence-corrected chi connectivity index (χ3v) is 4.50. The zero-order valence-electron chi connectivity index (χ0n) is 15.6. The molecule has 3 aromatic rings. The smallest absolute Gasteiger partial charge is 0.307 e. The first-order chi connectivity index (χ1) is 13.5. The second kappa shape index (κ2) is 8.67. The third-order valence-electron chi connectivity index (χ3n) is 4.50. The number of benzene rings is 3. The average molecular weight is 379 g/mol. The van der Waals surface area contributed by atoms with Crippen molar-refractivity contribution >= 4 is 5.97 Å². The quantitative estimate of drug-likeness (QED) is 0.623. The van der Waals surface area contributed by atoms with E-state index in [1.54, 1.807) is 42.5 Å². The first-order valence-corrected chi connectivity index (χ1v) is 9.01. The van der Waals surface area contributed by atoms with E-state index in [1.807, 2.05) is 31.2 Å². The van der Waals surface area contributed by atoms with Crippen molar-refractivity contribution in [3.63, 3.8) is 0 Å². The highest BCUT2D eigenvalue weighted by Gasteiger charge is 2.13. The second-order valence-electron chi connectivity index (χ2n) is 6.66. The molecule has 5 heteroatoms. The van der Waals surface area contributed by atoms with Gasteiger partial charge in [0.15, 0.2) is 0 Å². The summed E-state index contributed by atoms with van der Waals surface area (Å²) in [5, 5.41) is 9.02. The Morgan fingerprint density at radius 2 is 1.79 bits per heavy atom. The van der Waals surface area contributed by atoms with Crippen molar-refractivity contribution < 1.29 is 19.0 Å². The maximum Gasteiger partial charge on any atom is 0.307 e. The predicted molar refractivity (Wildman–Crippen MR) is 107 cm³/mol. The van der Waals surface area contributed by atoms with Crippen LogP contribution in [0.5, 0.6) is 5.75 Å². The van der Waals surface area contributed by atoms with Crippen molar-refractivity contribution in [2.75, 3.05) is 0 Å². The minimum absolute atomic E-state index is 0.00326. The van der Waals surface area contributed by atoms with Crippen LogP contribution in [0.3, 0.4) is 0 Å². The molecule has 3 N–H and O–H groups in total. The van der Waals surface area contributed by atoms with Gasteiger partial charge in [-0.3, -0.25) is 4.79 Å². The van der Waals surface area contributed by atoms with Crippen LogP contribution in [-0.4, -0.2) is 11.1 Å². The third kappa shape index (κ3) is 4.56. The Bertz CT molecular complexity index is 985. The monoisotopic (exact) mass is 379 g/mol. The van der Waals surface area contributed by atoms with Crippen LogP contribution < -0.4 is 10.5 Å². The van der Waals surface area contributed by atoms with E-state index in [0.29, 0.717) is 22.4 Å². The number of ether oxygens (including phenoxy) is 1. The van der Waals surface area contributed by atoms with Gasteiger partial charge in [0.25, 0.3) is 0 Å². The van der Waals surface area contributed by atoms with Gasteiger partial charge in [0, 0.05) is 22.7 Å². The molecule has 0 spiro atoms. The van der Waals surface area contributed by atoms with E-state index < -0.39 is 5.97 Å². The fourth-order valence-electron chi connectivity index (χ4n) is 3.01. The van der Waals surface area contributed by atoms with Crippen LogP contribution in [0.15, 0.2) is 66.7 Å². The van der Waals surface area contributed by atoms with E-state index in [2.05, 4.69) is 0 Å². The number of carbonyl (C=O) groups is 1. The molecule has 0 saturated heterocycles. The van der Waals surface area contributed by atoms with Crippen molar-refractivity contribution in [1.29, 1.82) is 0 Å². The molecule has 0 aliphatic rings. The lowest BCUT2D eigenvalue weighted by molar-refractivity contribution is -0.136. The molecule has 0 unspecified atom stereocenters. The number of hydrogen-bond acceptors (Lipinski definition) is 3.